The zero-order chi connectivity index (χ0) is 10.8. The van der Waals surface area contributed by atoms with E-state index in [0.29, 0.717) is 13.0 Å². The minimum Gasteiger partial charge on any atom is -0.383 e. The molecule has 0 aromatic carbocycles. The van der Waals surface area contributed by atoms with E-state index in [1.165, 1.54) is 4.57 Å². The number of rotatable bonds is 2. The normalized spacial score (nSPS) is 20.3. The Morgan fingerprint density at radius 2 is 2.40 bits per heavy atom. The third-order valence-electron chi connectivity index (χ3n) is 2.40. The first-order chi connectivity index (χ1) is 7.15. The second-order valence-corrected chi connectivity index (χ2v) is 3.59. The molecule has 6 nitrogen and oxygen atoms in total. The molecule has 1 aliphatic rings. The standard InChI is InChI=1S/C9H12N4O2/c10-7-3-4-13(9(15)12-7)5-6-1-2-8(14)11-6/h3-4,6H,1-2,5H2,(H,11,14)(H2,10,12,15)/t6-/m0/s1. The van der Waals surface area contributed by atoms with Crippen molar-refractivity contribution in [2.45, 2.75) is 25.4 Å². The smallest absolute Gasteiger partial charge is 0.349 e. The van der Waals surface area contributed by atoms with Crippen molar-refractivity contribution in [2.75, 3.05) is 5.73 Å². The molecule has 0 spiro atoms. The molecule has 1 aromatic rings. The molecule has 80 valence electrons. The van der Waals surface area contributed by atoms with Crippen LogP contribution in [0.2, 0.25) is 0 Å². The number of hydrogen-bond acceptors (Lipinski definition) is 4. The summed E-state index contributed by atoms with van der Waals surface area (Å²) < 4.78 is 1.45. The molecule has 2 rings (SSSR count). The lowest BCUT2D eigenvalue weighted by molar-refractivity contribution is -0.119. The van der Waals surface area contributed by atoms with Gasteiger partial charge in [-0.15, -0.1) is 0 Å². The summed E-state index contributed by atoms with van der Waals surface area (Å²) in [7, 11) is 0. The summed E-state index contributed by atoms with van der Waals surface area (Å²) in [6.07, 6.45) is 2.88. The zero-order valence-corrected chi connectivity index (χ0v) is 8.14. The average Bonchev–Trinajstić information content (AvgIpc) is 2.56. The number of nitrogens with one attached hydrogen (secondary N) is 1. The maximum Gasteiger partial charge on any atom is 0.349 e. The Balaban J connectivity index is 2.11. The summed E-state index contributed by atoms with van der Waals surface area (Å²) in [5.41, 5.74) is 4.98. The fourth-order valence-electron chi connectivity index (χ4n) is 1.63. The molecule has 6 heteroatoms. The molecule has 1 aliphatic heterocycles. The van der Waals surface area contributed by atoms with Gasteiger partial charge in [0.15, 0.2) is 0 Å². The van der Waals surface area contributed by atoms with Gasteiger partial charge in [-0.1, -0.05) is 0 Å². The molecule has 2 heterocycles. The Kier molecular flexibility index (Phi) is 2.40. The van der Waals surface area contributed by atoms with Gasteiger partial charge in [0.1, 0.15) is 5.82 Å². The van der Waals surface area contributed by atoms with Gasteiger partial charge in [0.25, 0.3) is 0 Å². The molecule has 1 aromatic heterocycles. The number of nitrogen functional groups attached to an aromatic ring is 1. The van der Waals surface area contributed by atoms with Gasteiger partial charge in [0.05, 0.1) is 0 Å². The number of nitrogens with two attached hydrogens (primary N) is 1. The van der Waals surface area contributed by atoms with E-state index in [9.17, 15) is 9.59 Å². The van der Waals surface area contributed by atoms with Crippen molar-refractivity contribution in [3.05, 3.63) is 22.7 Å². The zero-order valence-electron chi connectivity index (χ0n) is 8.14. The molecular formula is C9H12N4O2. The Bertz CT molecular complexity index is 440. The van der Waals surface area contributed by atoms with Gasteiger partial charge < -0.3 is 11.1 Å². The first-order valence-electron chi connectivity index (χ1n) is 4.77. The highest BCUT2D eigenvalue weighted by atomic mass is 16.2. The molecule has 1 fully saturated rings. The van der Waals surface area contributed by atoms with Gasteiger partial charge in [-0.2, -0.15) is 4.98 Å². The molecule has 1 atom stereocenters. The van der Waals surface area contributed by atoms with Gasteiger partial charge in [0.2, 0.25) is 5.91 Å². The number of hydrogen-bond donors (Lipinski definition) is 2. The third-order valence-corrected chi connectivity index (χ3v) is 2.40. The van der Waals surface area contributed by atoms with Crippen molar-refractivity contribution < 1.29 is 4.79 Å². The van der Waals surface area contributed by atoms with Crippen molar-refractivity contribution in [2.24, 2.45) is 0 Å². The van der Waals surface area contributed by atoms with E-state index in [0.717, 1.165) is 6.42 Å². The minimum atomic E-state index is -0.379. The first kappa shape index (κ1) is 9.70. The molecule has 15 heavy (non-hydrogen) atoms. The Morgan fingerprint density at radius 3 is 3.00 bits per heavy atom. The first-order valence-corrected chi connectivity index (χ1v) is 4.77. The van der Waals surface area contributed by atoms with Crippen LogP contribution >= 0.6 is 0 Å². The fraction of sp³-hybridized carbons (Fsp3) is 0.444. The van der Waals surface area contributed by atoms with Crippen LogP contribution in [0.4, 0.5) is 5.82 Å². The van der Waals surface area contributed by atoms with Crippen LogP contribution in [-0.2, 0) is 11.3 Å². The van der Waals surface area contributed by atoms with Crippen molar-refractivity contribution >= 4 is 11.7 Å². The Morgan fingerprint density at radius 1 is 1.60 bits per heavy atom. The topological polar surface area (TPSA) is 90.0 Å². The summed E-state index contributed by atoms with van der Waals surface area (Å²) in [5.74, 6) is 0.253. The van der Waals surface area contributed by atoms with E-state index in [1.807, 2.05) is 0 Å². The lowest BCUT2D eigenvalue weighted by Crippen LogP contribution is -2.34. The molecule has 3 N–H and O–H groups in total. The maximum absolute atomic E-state index is 11.4. The summed E-state index contributed by atoms with van der Waals surface area (Å²) in [5, 5.41) is 2.79. The quantitative estimate of drug-likeness (QED) is 0.659. The predicted molar refractivity (Wildman–Crippen MR) is 54.1 cm³/mol. The lowest BCUT2D eigenvalue weighted by atomic mass is 10.2. The van der Waals surface area contributed by atoms with Crippen LogP contribution in [0.3, 0.4) is 0 Å². The predicted octanol–water partition coefficient (Wildman–Crippen LogP) is -0.896. The molecule has 0 bridgehead atoms. The highest BCUT2D eigenvalue weighted by molar-refractivity contribution is 5.78. The number of nitrogens with zero attached hydrogens (tertiary/aromatic N) is 2. The van der Waals surface area contributed by atoms with Gasteiger partial charge in [0, 0.05) is 25.2 Å². The molecule has 0 radical (unpaired) electrons. The van der Waals surface area contributed by atoms with Gasteiger partial charge in [-0.05, 0) is 12.5 Å². The van der Waals surface area contributed by atoms with Crippen LogP contribution < -0.4 is 16.7 Å². The monoisotopic (exact) mass is 208 g/mol. The van der Waals surface area contributed by atoms with Gasteiger partial charge in [-0.25, -0.2) is 4.79 Å². The molecule has 1 saturated heterocycles. The van der Waals surface area contributed by atoms with Crippen LogP contribution in [0.15, 0.2) is 17.1 Å². The van der Waals surface area contributed by atoms with Crippen LogP contribution in [0, 0.1) is 0 Å². The van der Waals surface area contributed by atoms with Gasteiger partial charge >= 0.3 is 5.69 Å². The summed E-state index contributed by atoms with van der Waals surface area (Å²) in [4.78, 5) is 25.9. The molecule has 0 saturated carbocycles. The fourth-order valence-corrected chi connectivity index (χ4v) is 1.63. The van der Waals surface area contributed by atoms with Crippen LogP contribution in [0.25, 0.3) is 0 Å². The number of amides is 1. The minimum absolute atomic E-state index is 0.0284. The highest BCUT2D eigenvalue weighted by Gasteiger charge is 2.21. The second-order valence-electron chi connectivity index (χ2n) is 3.59. The van der Waals surface area contributed by atoms with Crippen molar-refractivity contribution in [1.29, 1.82) is 0 Å². The number of carbonyl (C=O) groups excluding carboxylic acids is 1. The SMILES string of the molecule is Nc1ccn(C[C@@H]2CCC(=O)N2)c(=O)n1. The largest absolute Gasteiger partial charge is 0.383 e. The number of anilines is 1. The van der Waals surface area contributed by atoms with E-state index >= 15 is 0 Å². The number of aromatic nitrogens is 2. The summed E-state index contributed by atoms with van der Waals surface area (Å²) in [6, 6.07) is 1.60. The van der Waals surface area contributed by atoms with E-state index in [4.69, 9.17) is 5.73 Å². The highest BCUT2D eigenvalue weighted by Crippen LogP contribution is 2.07. The maximum atomic E-state index is 11.4. The van der Waals surface area contributed by atoms with Crippen LogP contribution in [0.1, 0.15) is 12.8 Å². The van der Waals surface area contributed by atoms with Crippen LogP contribution in [-0.4, -0.2) is 21.5 Å². The van der Waals surface area contributed by atoms with Gasteiger partial charge in [-0.3, -0.25) is 9.36 Å². The molecule has 1 amide bonds. The summed E-state index contributed by atoms with van der Waals surface area (Å²) >= 11 is 0. The van der Waals surface area contributed by atoms with Crippen LogP contribution in [0.5, 0.6) is 0 Å². The number of carbonyl (C=O) groups is 1. The van der Waals surface area contributed by atoms with E-state index in [1.54, 1.807) is 12.3 Å². The van der Waals surface area contributed by atoms with Crippen molar-refractivity contribution in [1.82, 2.24) is 14.9 Å². The Hall–Kier alpha value is -1.85. The third kappa shape index (κ3) is 2.15. The average molecular weight is 208 g/mol. The van der Waals surface area contributed by atoms with E-state index in [-0.39, 0.29) is 23.5 Å². The Labute approximate surface area is 86.1 Å². The van der Waals surface area contributed by atoms with Crippen molar-refractivity contribution in [3.8, 4) is 0 Å². The molecule has 0 aliphatic carbocycles. The molecule has 0 unspecified atom stereocenters. The molecular weight excluding hydrogens is 196 g/mol. The van der Waals surface area contributed by atoms with E-state index in [2.05, 4.69) is 10.3 Å². The second kappa shape index (κ2) is 3.72. The summed E-state index contributed by atoms with van der Waals surface area (Å²) in [6.45, 7) is 0.456. The van der Waals surface area contributed by atoms with Crippen molar-refractivity contribution in [3.63, 3.8) is 0 Å². The lowest BCUT2D eigenvalue weighted by Gasteiger charge is -2.11. The van der Waals surface area contributed by atoms with E-state index < -0.39 is 0 Å².